The van der Waals surface area contributed by atoms with Gasteiger partial charge in [-0.1, -0.05) is 33.1 Å². The van der Waals surface area contributed by atoms with E-state index in [0.717, 1.165) is 11.8 Å². The average molecular weight is 189 g/mol. The number of halogens is 1. The van der Waals surface area contributed by atoms with Gasteiger partial charge in [-0.05, 0) is 30.6 Å². The van der Waals surface area contributed by atoms with Gasteiger partial charge < -0.3 is 0 Å². The van der Waals surface area contributed by atoms with Gasteiger partial charge in [-0.3, -0.25) is 0 Å². The van der Waals surface area contributed by atoms with E-state index in [1.807, 2.05) is 0 Å². The Morgan fingerprint density at radius 3 is 2.42 bits per heavy atom. The second-order valence-electron chi connectivity index (χ2n) is 4.60. The smallest absolute Gasteiger partial charge is 0.0280 e. The highest BCUT2D eigenvalue weighted by Crippen LogP contribution is 2.49. The minimum Gasteiger partial charge on any atom is -0.126 e. The second kappa shape index (κ2) is 4.50. The summed E-state index contributed by atoms with van der Waals surface area (Å²) in [6.07, 6.45) is 8.21. The third kappa shape index (κ3) is 2.39. The van der Waals surface area contributed by atoms with Gasteiger partial charge in [-0.25, -0.2) is 0 Å². The highest BCUT2D eigenvalue weighted by molar-refractivity contribution is 6.18. The summed E-state index contributed by atoms with van der Waals surface area (Å²) in [7, 11) is 0. The van der Waals surface area contributed by atoms with Crippen molar-refractivity contribution in [3.63, 3.8) is 0 Å². The lowest BCUT2D eigenvalue weighted by Crippen LogP contribution is -2.37. The SMILES string of the molecule is CCCCCC1(CCl)CC(C)C1. The Bertz CT molecular complexity index is 125. The lowest BCUT2D eigenvalue weighted by atomic mass is 9.61. The van der Waals surface area contributed by atoms with Crippen molar-refractivity contribution in [3.8, 4) is 0 Å². The summed E-state index contributed by atoms with van der Waals surface area (Å²) in [5.41, 5.74) is 0.552. The Labute approximate surface area is 81.7 Å². The van der Waals surface area contributed by atoms with Crippen LogP contribution in [0.5, 0.6) is 0 Å². The molecule has 1 fully saturated rings. The van der Waals surface area contributed by atoms with E-state index in [9.17, 15) is 0 Å². The Morgan fingerprint density at radius 2 is 2.00 bits per heavy atom. The molecule has 1 rings (SSSR count). The van der Waals surface area contributed by atoms with Crippen molar-refractivity contribution in [1.29, 1.82) is 0 Å². The maximum absolute atomic E-state index is 6.00. The Hall–Kier alpha value is 0.290. The van der Waals surface area contributed by atoms with Crippen LogP contribution in [0.15, 0.2) is 0 Å². The van der Waals surface area contributed by atoms with Crippen LogP contribution in [-0.2, 0) is 0 Å². The third-order valence-corrected chi connectivity index (χ3v) is 3.72. The van der Waals surface area contributed by atoms with Crippen LogP contribution >= 0.6 is 11.6 Å². The van der Waals surface area contributed by atoms with E-state index in [1.54, 1.807) is 0 Å². The molecule has 12 heavy (non-hydrogen) atoms. The molecule has 0 amide bonds. The van der Waals surface area contributed by atoms with Gasteiger partial charge in [-0.15, -0.1) is 11.6 Å². The minimum absolute atomic E-state index is 0.552. The van der Waals surface area contributed by atoms with Crippen LogP contribution in [0.1, 0.15) is 52.4 Å². The first-order valence-corrected chi connectivity index (χ1v) is 5.82. The molecule has 0 N–H and O–H groups in total. The van der Waals surface area contributed by atoms with Gasteiger partial charge in [0.2, 0.25) is 0 Å². The van der Waals surface area contributed by atoms with E-state index in [2.05, 4.69) is 13.8 Å². The normalized spacial score (nSPS) is 34.8. The van der Waals surface area contributed by atoms with Crippen molar-refractivity contribution in [3.05, 3.63) is 0 Å². The van der Waals surface area contributed by atoms with Gasteiger partial charge in [0, 0.05) is 5.88 Å². The maximum atomic E-state index is 6.00. The summed E-state index contributed by atoms with van der Waals surface area (Å²) in [6, 6.07) is 0. The molecule has 0 unspecified atom stereocenters. The van der Waals surface area contributed by atoms with Crippen LogP contribution in [0.4, 0.5) is 0 Å². The summed E-state index contributed by atoms with van der Waals surface area (Å²) >= 11 is 6.00. The molecule has 1 saturated carbocycles. The molecule has 1 heteroatoms. The van der Waals surface area contributed by atoms with Gasteiger partial charge >= 0.3 is 0 Å². The lowest BCUT2D eigenvalue weighted by Gasteiger charge is -2.45. The molecular weight excluding hydrogens is 168 g/mol. The monoisotopic (exact) mass is 188 g/mol. The molecule has 0 heterocycles. The number of rotatable bonds is 5. The van der Waals surface area contributed by atoms with Gasteiger partial charge in [-0.2, -0.15) is 0 Å². The maximum Gasteiger partial charge on any atom is 0.0280 e. The fraction of sp³-hybridized carbons (Fsp3) is 1.00. The molecule has 1 aliphatic rings. The molecule has 0 aromatic rings. The van der Waals surface area contributed by atoms with Crippen molar-refractivity contribution in [2.45, 2.75) is 52.4 Å². The lowest BCUT2D eigenvalue weighted by molar-refractivity contribution is 0.0783. The third-order valence-electron chi connectivity index (χ3n) is 3.16. The molecular formula is C11H21Cl. The molecule has 0 atom stereocenters. The largest absolute Gasteiger partial charge is 0.126 e. The van der Waals surface area contributed by atoms with Gasteiger partial charge in [0.1, 0.15) is 0 Å². The number of hydrogen-bond donors (Lipinski definition) is 0. The van der Waals surface area contributed by atoms with Crippen LogP contribution in [0, 0.1) is 11.3 Å². The van der Waals surface area contributed by atoms with Crippen molar-refractivity contribution >= 4 is 11.6 Å². The topological polar surface area (TPSA) is 0 Å². The fourth-order valence-corrected chi connectivity index (χ4v) is 2.90. The summed E-state index contributed by atoms with van der Waals surface area (Å²) in [6.45, 7) is 4.60. The second-order valence-corrected chi connectivity index (χ2v) is 4.87. The van der Waals surface area contributed by atoms with Crippen molar-refractivity contribution in [1.82, 2.24) is 0 Å². The predicted molar refractivity (Wildman–Crippen MR) is 55.7 cm³/mol. The van der Waals surface area contributed by atoms with Crippen LogP contribution in [-0.4, -0.2) is 5.88 Å². The Morgan fingerprint density at radius 1 is 1.33 bits per heavy atom. The molecule has 0 aromatic heterocycles. The molecule has 0 spiro atoms. The molecule has 72 valence electrons. The zero-order chi connectivity index (χ0) is 9.03. The van der Waals surface area contributed by atoms with E-state index in [4.69, 9.17) is 11.6 Å². The summed E-state index contributed by atoms with van der Waals surface area (Å²) in [5.74, 6) is 1.83. The zero-order valence-corrected chi connectivity index (χ0v) is 9.16. The van der Waals surface area contributed by atoms with Crippen molar-refractivity contribution < 1.29 is 0 Å². The van der Waals surface area contributed by atoms with Crippen LogP contribution in [0.25, 0.3) is 0 Å². The van der Waals surface area contributed by atoms with Crippen molar-refractivity contribution in [2.24, 2.45) is 11.3 Å². The van der Waals surface area contributed by atoms with E-state index in [-0.39, 0.29) is 0 Å². The summed E-state index contributed by atoms with van der Waals surface area (Å²) in [5, 5.41) is 0. The molecule has 0 nitrogen and oxygen atoms in total. The molecule has 0 bridgehead atoms. The molecule has 1 aliphatic carbocycles. The van der Waals surface area contributed by atoms with E-state index >= 15 is 0 Å². The van der Waals surface area contributed by atoms with E-state index in [0.29, 0.717) is 5.41 Å². The first kappa shape index (κ1) is 10.4. The van der Waals surface area contributed by atoms with Gasteiger partial charge in [0.25, 0.3) is 0 Å². The molecule has 0 radical (unpaired) electrons. The fourth-order valence-electron chi connectivity index (χ4n) is 2.55. The zero-order valence-electron chi connectivity index (χ0n) is 8.41. The van der Waals surface area contributed by atoms with Crippen LogP contribution < -0.4 is 0 Å². The number of unbranched alkanes of at least 4 members (excludes halogenated alkanes) is 2. The number of hydrogen-bond acceptors (Lipinski definition) is 0. The molecule has 0 aromatic carbocycles. The Kier molecular flexibility index (Phi) is 3.89. The van der Waals surface area contributed by atoms with Crippen LogP contribution in [0.3, 0.4) is 0 Å². The van der Waals surface area contributed by atoms with Gasteiger partial charge in [0.15, 0.2) is 0 Å². The highest BCUT2D eigenvalue weighted by atomic mass is 35.5. The first-order chi connectivity index (χ1) is 5.72. The first-order valence-electron chi connectivity index (χ1n) is 5.28. The van der Waals surface area contributed by atoms with Crippen LogP contribution in [0.2, 0.25) is 0 Å². The minimum atomic E-state index is 0.552. The van der Waals surface area contributed by atoms with E-state index < -0.39 is 0 Å². The van der Waals surface area contributed by atoms with Gasteiger partial charge in [0.05, 0.1) is 0 Å². The molecule has 0 aliphatic heterocycles. The molecule has 0 saturated heterocycles. The number of alkyl halides is 1. The predicted octanol–water partition coefficient (Wildman–Crippen LogP) is 4.22. The van der Waals surface area contributed by atoms with Crippen molar-refractivity contribution in [2.75, 3.05) is 5.88 Å². The average Bonchev–Trinajstić information content (AvgIpc) is 2.01. The summed E-state index contributed by atoms with van der Waals surface area (Å²) < 4.78 is 0. The Balaban J connectivity index is 2.18. The van der Waals surface area contributed by atoms with E-state index in [1.165, 1.54) is 38.5 Å². The quantitative estimate of drug-likeness (QED) is 0.448. The highest BCUT2D eigenvalue weighted by Gasteiger charge is 2.40. The summed E-state index contributed by atoms with van der Waals surface area (Å²) in [4.78, 5) is 0. The standard InChI is InChI=1S/C11H21Cl/c1-3-4-5-6-11(9-12)7-10(2)8-11/h10H,3-9H2,1-2H3.